The number of hydrogen-bond donors (Lipinski definition) is 1. The predicted molar refractivity (Wildman–Crippen MR) is 65.1 cm³/mol. The minimum absolute atomic E-state index is 0.533. The lowest BCUT2D eigenvalue weighted by molar-refractivity contribution is 0.0970. The van der Waals surface area contributed by atoms with Gasteiger partial charge in [0.2, 0.25) is 0 Å². The number of fused-ring (bicyclic) bond motifs is 1. The number of nitrogens with one attached hydrogen (secondary N) is 1. The van der Waals surface area contributed by atoms with Crippen LogP contribution in [0.1, 0.15) is 19.4 Å². The van der Waals surface area contributed by atoms with Crippen molar-refractivity contribution < 1.29 is 9.53 Å². The number of amides is 1. The molecule has 1 N–H and O–H groups in total. The molecule has 0 aliphatic carbocycles. The molecule has 0 saturated carbocycles. The summed E-state index contributed by atoms with van der Waals surface area (Å²) in [4.78, 5) is 11.5. The van der Waals surface area contributed by atoms with E-state index >= 15 is 0 Å². The van der Waals surface area contributed by atoms with Crippen molar-refractivity contribution in [3.8, 4) is 23.7 Å². The summed E-state index contributed by atoms with van der Waals surface area (Å²) in [6.45, 7) is 3.38. The molecule has 1 aliphatic heterocycles. The lowest BCUT2D eigenvalue weighted by Gasteiger charge is -2.30. The third-order valence-electron chi connectivity index (χ3n) is 2.39. The second-order valence-electron chi connectivity index (χ2n) is 3.49. The first-order valence-corrected chi connectivity index (χ1v) is 5.19. The van der Waals surface area contributed by atoms with Crippen LogP contribution in [0.25, 0.3) is 0 Å². The van der Waals surface area contributed by atoms with Gasteiger partial charge >= 0.3 is 6.09 Å². The van der Waals surface area contributed by atoms with E-state index in [1.807, 2.05) is 18.2 Å². The van der Waals surface area contributed by atoms with E-state index in [1.165, 1.54) is 0 Å². The summed E-state index contributed by atoms with van der Waals surface area (Å²) in [5.41, 5.74) is 0.306. The number of para-hydroxylation sites is 1. The Hall–Kier alpha value is -2.39. The van der Waals surface area contributed by atoms with E-state index in [0.29, 0.717) is 5.69 Å². The highest BCUT2D eigenvalue weighted by Crippen LogP contribution is 2.35. The molecule has 0 radical (unpaired) electrons. The van der Waals surface area contributed by atoms with Crippen molar-refractivity contribution in [2.24, 2.45) is 0 Å². The van der Waals surface area contributed by atoms with Crippen LogP contribution in [0.5, 0.6) is 0 Å². The Bertz CT molecular complexity index is 561. The summed E-state index contributed by atoms with van der Waals surface area (Å²) in [7, 11) is 0. The summed E-state index contributed by atoms with van der Waals surface area (Å²) in [5, 5.41) is 2.63. The molecule has 1 aromatic carbocycles. The van der Waals surface area contributed by atoms with Crippen molar-refractivity contribution in [1.29, 1.82) is 0 Å². The van der Waals surface area contributed by atoms with E-state index in [2.05, 4.69) is 29.0 Å². The van der Waals surface area contributed by atoms with Gasteiger partial charge in [0, 0.05) is 5.56 Å². The largest absolute Gasteiger partial charge is 0.414 e. The predicted octanol–water partition coefficient (Wildman–Crippen LogP) is 2.49. The van der Waals surface area contributed by atoms with Gasteiger partial charge in [-0.2, -0.15) is 0 Å². The highest BCUT2D eigenvalue weighted by Gasteiger charge is 2.39. The van der Waals surface area contributed by atoms with Gasteiger partial charge in [-0.3, -0.25) is 5.32 Å². The van der Waals surface area contributed by atoms with Crippen molar-refractivity contribution in [2.45, 2.75) is 19.4 Å². The van der Waals surface area contributed by atoms with Crippen LogP contribution in [0.2, 0.25) is 0 Å². The summed E-state index contributed by atoms with van der Waals surface area (Å²) >= 11 is 0. The average molecular weight is 225 g/mol. The number of rotatable bonds is 0. The first kappa shape index (κ1) is 11.1. The molecule has 17 heavy (non-hydrogen) atoms. The normalized spacial score (nSPS) is 15.1. The van der Waals surface area contributed by atoms with Crippen molar-refractivity contribution in [1.82, 2.24) is 0 Å². The van der Waals surface area contributed by atoms with Crippen molar-refractivity contribution in [2.75, 3.05) is 5.32 Å². The molecule has 84 valence electrons. The molecule has 3 nitrogen and oxygen atoms in total. The second-order valence-corrected chi connectivity index (χ2v) is 3.49. The van der Waals surface area contributed by atoms with Crippen molar-refractivity contribution in [3.05, 3.63) is 29.8 Å². The maximum atomic E-state index is 11.5. The molecule has 0 aromatic heterocycles. The van der Waals surface area contributed by atoms with E-state index in [1.54, 1.807) is 19.9 Å². The molecule has 1 aromatic rings. The van der Waals surface area contributed by atoms with Crippen LogP contribution in [0, 0.1) is 23.7 Å². The molecule has 0 spiro atoms. The molecule has 0 atom stereocenters. The maximum absolute atomic E-state index is 11.5. The topological polar surface area (TPSA) is 38.3 Å². The van der Waals surface area contributed by atoms with Crippen LogP contribution in [-0.2, 0) is 10.3 Å². The van der Waals surface area contributed by atoms with E-state index in [-0.39, 0.29) is 0 Å². The van der Waals surface area contributed by atoms with Gasteiger partial charge < -0.3 is 4.74 Å². The highest BCUT2D eigenvalue weighted by molar-refractivity contribution is 5.90. The zero-order chi connectivity index (χ0) is 12.3. The molecule has 0 saturated heterocycles. The fourth-order valence-electron chi connectivity index (χ4n) is 1.80. The Labute approximate surface area is 100 Å². The molecule has 1 heterocycles. The molecule has 1 aliphatic rings. The van der Waals surface area contributed by atoms with E-state index in [9.17, 15) is 4.79 Å². The van der Waals surface area contributed by atoms with Crippen LogP contribution in [0.15, 0.2) is 24.3 Å². The molecule has 0 bridgehead atoms. The lowest BCUT2D eigenvalue weighted by atomic mass is 9.92. The monoisotopic (exact) mass is 225 g/mol. The van der Waals surface area contributed by atoms with E-state index in [0.717, 1.165) is 5.56 Å². The number of cyclic esters (lactones) is 1. The zero-order valence-corrected chi connectivity index (χ0v) is 9.63. The fourth-order valence-corrected chi connectivity index (χ4v) is 1.80. The van der Waals surface area contributed by atoms with Crippen LogP contribution >= 0.6 is 0 Å². The van der Waals surface area contributed by atoms with Crippen LogP contribution in [-0.4, -0.2) is 6.09 Å². The molecule has 0 fully saturated rings. The second kappa shape index (κ2) is 4.23. The Balaban J connectivity index is 2.69. The number of carbonyl (C=O) groups is 1. The Morgan fingerprint density at radius 3 is 2.47 bits per heavy atom. The van der Waals surface area contributed by atoms with E-state index < -0.39 is 11.7 Å². The summed E-state index contributed by atoms with van der Waals surface area (Å²) in [6.07, 6.45) is -0.533. The minimum atomic E-state index is -1.15. The van der Waals surface area contributed by atoms with Gasteiger partial charge in [-0.25, -0.2) is 4.79 Å². The quantitative estimate of drug-likeness (QED) is 0.689. The lowest BCUT2D eigenvalue weighted by Crippen LogP contribution is -2.37. The Kier molecular flexibility index (Phi) is 2.77. The first-order valence-electron chi connectivity index (χ1n) is 5.19. The molecule has 0 unspecified atom stereocenters. The Morgan fingerprint density at radius 1 is 1.18 bits per heavy atom. The van der Waals surface area contributed by atoms with Crippen LogP contribution in [0.4, 0.5) is 10.5 Å². The molecule has 1 amide bonds. The summed E-state index contributed by atoms with van der Waals surface area (Å²) in [6, 6.07) is 7.36. The molecular formula is C14H11NO2. The fraction of sp³-hybridized carbons (Fsp3) is 0.214. The maximum Gasteiger partial charge on any atom is 0.414 e. The van der Waals surface area contributed by atoms with Gasteiger partial charge in [-0.15, -0.1) is 11.8 Å². The van der Waals surface area contributed by atoms with Gasteiger partial charge in [0.05, 0.1) is 5.69 Å². The van der Waals surface area contributed by atoms with E-state index in [4.69, 9.17) is 4.74 Å². The first-order chi connectivity index (χ1) is 8.22. The van der Waals surface area contributed by atoms with Gasteiger partial charge in [0.1, 0.15) is 0 Å². The van der Waals surface area contributed by atoms with Crippen molar-refractivity contribution in [3.63, 3.8) is 0 Å². The zero-order valence-electron chi connectivity index (χ0n) is 9.63. The standard InChI is InChI=1S/C14H11NO2/c1-3-9-14(10-4-2)11-7-5-6-8-12(11)15-13(16)17-14/h5-8H,1-2H3,(H,15,16). The van der Waals surface area contributed by atoms with Gasteiger partial charge in [0.25, 0.3) is 5.60 Å². The third-order valence-corrected chi connectivity index (χ3v) is 2.39. The summed E-state index contributed by atoms with van der Waals surface area (Å²) < 4.78 is 5.28. The number of ether oxygens (including phenoxy) is 1. The van der Waals surface area contributed by atoms with Gasteiger partial charge in [-0.05, 0) is 31.8 Å². The third kappa shape index (κ3) is 1.84. The van der Waals surface area contributed by atoms with Gasteiger partial charge in [-0.1, -0.05) is 18.2 Å². The smallest absolute Gasteiger partial charge is 0.413 e. The minimum Gasteiger partial charge on any atom is -0.413 e. The number of anilines is 1. The number of carbonyl (C=O) groups excluding carboxylic acids is 1. The summed E-state index contributed by atoms with van der Waals surface area (Å²) in [5.74, 6) is 11.3. The highest BCUT2D eigenvalue weighted by atomic mass is 16.6. The molecule has 2 rings (SSSR count). The van der Waals surface area contributed by atoms with Gasteiger partial charge in [0.15, 0.2) is 0 Å². The van der Waals surface area contributed by atoms with Crippen LogP contribution in [0.3, 0.4) is 0 Å². The Morgan fingerprint density at radius 2 is 1.82 bits per heavy atom. The SMILES string of the molecule is CC#CC1(C#CC)OC(=O)Nc2ccccc21. The average Bonchev–Trinajstić information content (AvgIpc) is 2.29. The van der Waals surface area contributed by atoms with Crippen molar-refractivity contribution >= 4 is 11.8 Å². The number of benzene rings is 1. The molecule has 3 heteroatoms. The van der Waals surface area contributed by atoms with Crippen LogP contribution < -0.4 is 5.32 Å². The number of hydrogen-bond acceptors (Lipinski definition) is 2. The molecular weight excluding hydrogens is 214 g/mol.